The second-order valence-corrected chi connectivity index (χ2v) is 10.4. The Balaban J connectivity index is 1.80. The number of rotatable bonds is 2. The van der Waals surface area contributed by atoms with Crippen molar-refractivity contribution < 1.29 is 4.79 Å². The quantitative estimate of drug-likeness (QED) is 0.413. The molecule has 0 aromatic heterocycles. The summed E-state index contributed by atoms with van der Waals surface area (Å²) in [6, 6.07) is 20.9. The summed E-state index contributed by atoms with van der Waals surface area (Å²) < 4.78 is 0. The van der Waals surface area contributed by atoms with Gasteiger partial charge in [-0.05, 0) is 53.0 Å². The molecule has 1 aliphatic heterocycles. The predicted molar refractivity (Wildman–Crippen MR) is 133 cm³/mol. The molecule has 0 radical (unpaired) electrons. The molecule has 0 saturated heterocycles. The molecule has 5 rings (SSSR count). The maximum Gasteiger partial charge on any atom is 0.150 e. The number of aldehydes is 1. The number of carbonyl (C=O) groups is 1. The van der Waals surface area contributed by atoms with E-state index in [-0.39, 0.29) is 10.8 Å². The normalized spacial score (nSPS) is 18.0. The lowest BCUT2D eigenvalue weighted by Crippen LogP contribution is -2.34. The maximum atomic E-state index is 11.2. The van der Waals surface area contributed by atoms with E-state index in [0.29, 0.717) is 5.56 Å². The summed E-state index contributed by atoms with van der Waals surface area (Å²) in [6.45, 7) is 9.43. The lowest BCUT2D eigenvalue weighted by molar-refractivity contribution is 0.112. The molecule has 3 aromatic carbocycles. The minimum Gasteiger partial charge on any atom is -0.342 e. The van der Waals surface area contributed by atoms with Crippen molar-refractivity contribution in [2.45, 2.75) is 51.4 Å². The molecule has 1 heterocycles. The van der Waals surface area contributed by atoms with Crippen molar-refractivity contribution in [3.05, 3.63) is 88.5 Å². The average molecular weight is 423 g/mol. The van der Waals surface area contributed by atoms with Gasteiger partial charge < -0.3 is 4.90 Å². The topological polar surface area (TPSA) is 32.7 Å². The molecule has 0 N–H and O–H groups in total. The summed E-state index contributed by atoms with van der Waals surface area (Å²) in [6.07, 6.45) is 3.24. The summed E-state index contributed by atoms with van der Waals surface area (Å²) in [5.74, 6) is 0. The molecule has 0 spiro atoms. The number of anilines is 2. The van der Waals surface area contributed by atoms with Gasteiger partial charge in [0.25, 0.3) is 0 Å². The highest BCUT2D eigenvalue weighted by Gasteiger charge is 2.38. The van der Waals surface area contributed by atoms with Gasteiger partial charge in [0.15, 0.2) is 0 Å². The molecule has 32 heavy (non-hydrogen) atoms. The van der Waals surface area contributed by atoms with Crippen LogP contribution in [-0.2, 0) is 10.8 Å². The van der Waals surface area contributed by atoms with Gasteiger partial charge in [-0.25, -0.2) is 4.99 Å². The number of hydrogen-bond donors (Lipinski definition) is 0. The van der Waals surface area contributed by atoms with E-state index in [9.17, 15) is 4.79 Å². The van der Waals surface area contributed by atoms with Crippen LogP contribution in [0.1, 0.15) is 73.1 Å². The van der Waals surface area contributed by atoms with E-state index in [0.717, 1.165) is 40.2 Å². The van der Waals surface area contributed by atoms with Crippen LogP contribution >= 0.6 is 0 Å². The molecular weight excluding hydrogens is 392 g/mol. The molecule has 0 fully saturated rings. The number of para-hydroxylation sites is 1. The number of carbonyl (C=O) groups excluding carboxylic acids is 1. The first-order chi connectivity index (χ1) is 15.2. The zero-order chi connectivity index (χ0) is 22.7. The number of nitrogens with zero attached hydrogens (tertiary/aromatic N) is 2. The molecule has 0 atom stereocenters. The Hall–Kier alpha value is -3.20. The molecule has 0 amide bonds. The van der Waals surface area contributed by atoms with Gasteiger partial charge in [-0.3, -0.25) is 4.79 Å². The zero-order valence-electron chi connectivity index (χ0n) is 19.6. The predicted octanol–water partition coefficient (Wildman–Crippen LogP) is 7.10. The fraction of sp³-hybridized carbons (Fsp3) is 0.310. The van der Waals surface area contributed by atoms with Crippen molar-refractivity contribution in [1.29, 1.82) is 0 Å². The SMILES string of the molecule is CN1c2cc3c(cc2N=C(c2ccc(C=O)cc2)c2ccccc21)C(C)(C)CCC3(C)C. The standard InChI is InChI=1S/C29H30N2O/c1-28(2)14-15-29(3,4)23-17-26-24(16-22(23)28)30-27(20-12-10-19(18-32)11-13-20)21-8-6-7-9-25(21)31(26)5/h6-13,16-18H,14-15H2,1-5H3. The van der Waals surface area contributed by atoms with E-state index in [2.05, 4.69) is 76.0 Å². The van der Waals surface area contributed by atoms with Crippen LogP contribution in [0.3, 0.4) is 0 Å². The smallest absolute Gasteiger partial charge is 0.150 e. The Morgan fingerprint density at radius 1 is 0.844 bits per heavy atom. The van der Waals surface area contributed by atoms with Crippen LogP contribution in [0.15, 0.2) is 65.7 Å². The Bertz CT molecular complexity index is 1250. The van der Waals surface area contributed by atoms with Crippen molar-refractivity contribution >= 4 is 29.1 Å². The van der Waals surface area contributed by atoms with E-state index >= 15 is 0 Å². The van der Waals surface area contributed by atoms with Gasteiger partial charge in [0.1, 0.15) is 6.29 Å². The third-order valence-electron chi connectivity index (χ3n) is 7.38. The minimum absolute atomic E-state index is 0.124. The van der Waals surface area contributed by atoms with Crippen LogP contribution in [0, 0.1) is 0 Å². The van der Waals surface area contributed by atoms with Gasteiger partial charge in [0.2, 0.25) is 0 Å². The summed E-state index contributed by atoms with van der Waals surface area (Å²) in [5, 5.41) is 0. The molecule has 0 unspecified atom stereocenters. The van der Waals surface area contributed by atoms with E-state index in [1.54, 1.807) is 0 Å². The van der Waals surface area contributed by atoms with Crippen LogP contribution in [-0.4, -0.2) is 19.0 Å². The van der Waals surface area contributed by atoms with Gasteiger partial charge in [0, 0.05) is 23.7 Å². The monoisotopic (exact) mass is 422 g/mol. The zero-order valence-corrected chi connectivity index (χ0v) is 19.6. The van der Waals surface area contributed by atoms with Gasteiger partial charge in [-0.2, -0.15) is 0 Å². The Morgan fingerprint density at radius 2 is 1.47 bits per heavy atom. The molecule has 0 saturated carbocycles. The highest BCUT2D eigenvalue weighted by molar-refractivity contribution is 6.18. The largest absolute Gasteiger partial charge is 0.342 e. The molecular formula is C29H30N2O. The maximum absolute atomic E-state index is 11.2. The van der Waals surface area contributed by atoms with Crippen LogP contribution in [0.2, 0.25) is 0 Å². The first-order valence-electron chi connectivity index (χ1n) is 11.4. The Kier molecular flexibility index (Phi) is 4.63. The van der Waals surface area contributed by atoms with Crippen molar-refractivity contribution in [2.75, 3.05) is 11.9 Å². The number of benzene rings is 3. The van der Waals surface area contributed by atoms with Crippen LogP contribution in [0.25, 0.3) is 0 Å². The van der Waals surface area contributed by atoms with Crippen molar-refractivity contribution in [3.8, 4) is 0 Å². The second kappa shape index (κ2) is 7.16. The molecule has 3 aromatic rings. The van der Waals surface area contributed by atoms with E-state index in [1.807, 2.05) is 24.3 Å². The molecule has 1 aliphatic carbocycles. The summed E-state index contributed by atoms with van der Waals surface area (Å²) in [4.78, 5) is 18.7. The van der Waals surface area contributed by atoms with Gasteiger partial charge in [0.05, 0.1) is 22.8 Å². The first kappa shape index (κ1) is 20.7. The van der Waals surface area contributed by atoms with Gasteiger partial charge >= 0.3 is 0 Å². The van der Waals surface area contributed by atoms with Crippen molar-refractivity contribution in [1.82, 2.24) is 0 Å². The highest BCUT2D eigenvalue weighted by Crippen LogP contribution is 2.51. The third kappa shape index (κ3) is 3.19. The average Bonchev–Trinajstić information content (AvgIpc) is 2.91. The lowest BCUT2D eigenvalue weighted by atomic mass is 9.63. The molecule has 0 bridgehead atoms. The minimum atomic E-state index is 0.124. The van der Waals surface area contributed by atoms with Crippen molar-refractivity contribution in [2.24, 2.45) is 4.99 Å². The fourth-order valence-corrected chi connectivity index (χ4v) is 5.17. The van der Waals surface area contributed by atoms with Gasteiger partial charge in [-0.15, -0.1) is 0 Å². The number of aliphatic imine (C=N–C) groups is 1. The van der Waals surface area contributed by atoms with Crippen LogP contribution in [0.5, 0.6) is 0 Å². The Labute approximate surface area is 190 Å². The van der Waals surface area contributed by atoms with E-state index in [1.165, 1.54) is 24.0 Å². The Morgan fingerprint density at radius 3 is 2.12 bits per heavy atom. The van der Waals surface area contributed by atoms with Crippen LogP contribution < -0.4 is 4.90 Å². The molecule has 2 aliphatic rings. The molecule has 3 heteroatoms. The third-order valence-corrected chi connectivity index (χ3v) is 7.38. The summed E-state index contributed by atoms with van der Waals surface area (Å²) >= 11 is 0. The molecule has 162 valence electrons. The van der Waals surface area contributed by atoms with E-state index < -0.39 is 0 Å². The second-order valence-electron chi connectivity index (χ2n) is 10.4. The number of fused-ring (bicyclic) bond motifs is 3. The summed E-state index contributed by atoms with van der Waals surface area (Å²) in [7, 11) is 2.14. The fourth-order valence-electron chi connectivity index (χ4n) is 5.17. The van der Waals surface area contributed by atoms with Gasteiger partial charge in [-0.1, -0.05) is 70.2 Å². The lowest BCUT2D eigenvalue weighted by Gasteiger charge is -2.42. The van der Waals surface area contributed by atoms with E-state index in [4.69, 9.17) is 4.99 Å². The van der Waals surface area contributed by atoms with Crippen LogP contribution in [0.4, 0.5) is 17.1 Å². The number of hydrogen-bond acceptors (Lipinski definition) is 3. The highest BCUT2D eigenvalue weighted by atomic mass is 16.1. The molecule has 3 nitrogen and oxygen atoms in total. The first-order valence-corrected chi connectivity index (χ1v) is 11.4. The van der Waals surface area contributed by atoms with Crippen molar-refractivity contribution in [3.63, 3.8) is 0 Å². The summed E-state index contributed by atoms with van der Waals surface area (Å²) in [5.41, 5.74) is 10.1.